The van der Waals surface area contributed by atoms with E-state index in [1.165, 1.54) is 89.9 Å². The summed E-state index contributed by atoms with van der Waals surface area (Å²) in [6.07, 6.45) is 26.7. The number of carbonyl (C=O) groups is 2. The van der Waals surface area contributed by atoms with Crippen LogP contribution in [-0.2, 0) is 19.1 Å². The number of methoxy groups -OCH3 is 1. The van der Waals surface area contributed by atoms with Crippen LogP contribution in [0.5, 0.6) is 0 Å². The van der Waals surface area contributed by atoms with Gasteiger partial charge in [0, 0.05) is 18.1 Å². The largest absolute Gasteiger partial charge is 0.466 e. The quantitative estimate of drug-likeness (QED) is 0.114. The summed E-state index contributed by atoms with van der Waals surface area (Å²) in [6.45, 7) is 1.89. The maximum absolute atomic E-state index is 12.1. The Morgan fingerprint density at radius 2 is 1.53 bits per heavy atom. The molecule has 0 radical (unpaired) electrons. The molecule has 0 bridgehead atoms. The minimum atomic E-state index is -1.15. The predicted molar refractivity (Wildman–Crippen MR) is 129 cm³/mol. The van der Waals surface area contributed by atoms with Crippen LogP contribution in [0.2, 0.25) is 0 Å². The molecule has 1 atom stereocenters. The van der Waals surface area contributed by atoms with E-state index in [1.54, 1.807) is 0 Å². The summed E-state index contributed by atoms with van der Waals surface area (Å²) in [5, 5.41) is 9.64. The van der Waals surface area contributed by atoms with Crippen molar-refractivity contribution in [2.75, 3.05) is 13.7 Å². The number of esters is 2. The van der Waals surface area contributed by atoms with E-state index in [9.17, 15) is 14.7 Å². The van der Waals surface area contributed by atoms with Crippen molar-refractivity contribution in [3.8, 4) is 0 Å². The standard InChI is InChI=1S/C27H44O5/c1-3-4-5-6-7-8-9-10-11-12-13-14-15-16-17-18-19-24-22-27(23-28,32-26(24)30)21-20-25(29)31-2/h10-11,19-21,28H,3-9,12-18,22-23H2,1-2H3/b11-10-,21-20+,24-19-. The molecule has 1 unspecified atom stereocenters. The normalized spacial score (nSPS) is 20.0. The maximum Gasteiger partial charge on any atom is 0.334 e. The monoisotopic (exact) mass is 448 g/mol. The third-order valence-corrected chi connectivity index (χ3v) is 5.90. The Balaban J connectivity index is 2.10. The van der Waals surface area contributed by atoms with Crippen molar-refractivity contribution < 1.29 is 24.2 Å². The lowest BCUT2D eigenvalue weighted by molar-refractivity contribution is -0.146. The number of ether oxygens (including phenoxy) is 2. The highest BCUT2D eigenvalue weighted by Gasteiger charge is 2.41. The molecule has 5 nitrogen and oxygen atoms in total. The van der Waals surface area contributed by atoms with Crippen molar-refractivity contribution in [1.82, 2.24) is 0 Å². The Morgan fingerprint density at radius 3 is 2.09 bits per heavy atom. The van der Waals surface area contributed by atoms with Crippen LogP contribution in [0.15, 0.2) is 36.0 Å². The van der Waals surface area contributed by atoms with Gasteiger partial charge in [0.1, 0.15) is 0 Å². The summed E-state index contributed by atoms with van der Waals surface area (Å²) >= 11 is 0. The zero-order valence-electron chi connectivity index (χ0n) is 20.3. The average molecular weight is 449 g/mol. The first-order chi connectivity index (χ1) is 15.6. The Hall–Kier alpha value is -1.88. The molecule has 182 valence electrons. The number of carbonyl (C=O) groups excluding carboxylic acids is 2. The fourth-order valence-corrected chi connectivity index (χ4v) is 3.85. The molecule has 1 aliphatic heterocycles. The average Bonchev–Trinajstić information content (AvgIpc) is 3.13. The van der Waals surface area contributed by atoms with E-state index in [2.05, 4.69) is 23.8 Å². The number of unbranched alkanes of at least 4 members (excludes halogenated alkanes) is 12. The van der Waals surface area contributed by atoms with E-state index >= 15 is 0 Å². The molecule has 1 saturated heterocycles. The molecule has 1 aliphatic rings. The zero-order valence-corrected chi connectivity index (χ0v) is 20.3. The summed E-state index contributed by atoms with van der Waals surface area (Å²) in [5.41, 5.74) is -0.580. The first-order valence-electron chi connectivity index (χ1n) is 12.5. The highest BCUT2D eigenvalue weighted by molar-refractivity contribution is 5.92. The minimum absolute atomic E-state index is 0.279. The van der Waals surface area contributed by atoms with Gasteiger partial charge < -0.3 is 14.6 Å². The molecule has 1 fully saturated rings. The smallest absolute Gasteiger partial charge is 0.334 e. The number of hydrogen-bond donors (Lipinski definition) is 1. The molecule has 0 aromatic rings. The number of hydrogen-bond acceptors (Lipinski definition) is 5. The third-order valence-electron chi connectivity index (χ3n) is 5.90. The first kappa shape index (κ1) is 28.2. The lowest BCUT2D eigenvalue weighted by Gasteiger charge is -2.19. The highest BCUT2D eigenvalue weighted by Crippen LogP contribution is 2.32. The van der Waals surface area contributed by atoms with Crippen molar-refractivity contribution in [3.05, 3.63) is 36.0 Å². The van der Waals surface area contributed by atoms with Gasteiger partial charge in [0.05, 0.1) is 13.7 Å². The van der Waals surface area contributed by atoms with Gasteiger partial charge in [-0.25, -0.2) is 9.59 Å². The van der Waals surface area contributed by atoms with E-state index in [0.29, 0.717) is 5.57 Å². The molecule has 0 aromatic carbocycles. The molecule has 0 amide bonds. The molecule has 0 aromatic heterocycles. The topological polar surface area (TPSA) is 72.8 Å². The first-order valence-corrected chi connectivity index (χ1v) is 12.5. The van der Waals surface area contributed by atoms with Crippen molar-refractivity contribution in [2.45, 2.75) is 109 Å². The number of aliphatic hydroxyl groups excluding tert-OH is 1. The summed E-state index contributed by atoms with van der Waals surface area (Å²) in [7, 11) is 1.28. The molecule has 1 N–H and O–H groups in total. The van der Waals surface area contributed by atoms with Gasteiger partial charge in [0.15, 0.2) is 5.60 Å². The number of cyclic esters (lactones) is 1. The Morgan fingerprint density at radius 1 is 0.969 bits per heavy atom. The van der Waals surface area contributed by atoms with Crippen molar-refractivity contribution in [2.24, 2.45) is 0 Å². The van der Waals surface area contributed by atoms with E-state index in [4.69, 9.17) is 4.74 Å². The number of rotatable bonds is 18. The molecular formula is C27H44O5. The highest BCUT2D eigenvalue weighted by atomic mass is 16.6. The Kier molecular flexibility index (Phi) is 15.5. The second-order valence-corrected chi connectivity index (χ2v) is 8.75. The van der Waals surface area contributed by atoms with Crippen LogP contribution in [0.4, 0.5) is 0 Å². The van der Waals surface area contributed by atoms with Gasteiger partial charge in [0.2, 0.25) is 0 Å². The summed E-state index contributed by atoms with van der Waals surface area (Å²) in [6, 6.07) is 0. The third kappa shape index (κ3) is 12.2. The van der Waals surface area contributed by atoms with Gasteiger partial charge in [0.25, 0.3) is 0 Å². The maximum atomic E-state index is 12.1. The number of allylic oxidation sites excluding steroid dienone is 3. The summed E-state index contributed by atoms with van der Waals surface area (Å²) in [4.78, 5) is 23.4. The fourth-order valence-electron chi connectivity index (χ4n) is 3.85. The van der Waals surface area contributed by atoms with Crippen LogP contribution >= 0.6 is 0 Å². The van der Waals surface area contributed by atoms with E-state index in [-0.39, 0.29) is 13.0 Å². The Labute approximate surface area is 194 Å². The van der Waals surface area contributed by atoms with E-state index < -0.39 is 17.5 Å². The van der Waals surface area contributed by atoms with Gasteiger partial charge >= 0.3 is 11.9 Å². The van der Waals surface area contributed by atoms with Gasteiger partial charge in [-0.1, -0.05) is 76.5 Å². The van der Waals surface area contributed by atoms with Crippen LogP contribution in [0, 0.1) is 0 Å². The molecule has 0 saturated carbocycles. The van der Waals surface area contributed by atoms with Crippen molar-refractivity contribution in [1.29, 1.82) is 0 Å². The van der Waals surface area contributed by atoms with Crippen molar-refractivity contribution in [3.63, 3.8) is 0 Å². The van der Waals surface area contributed by atoms with Gasteiger partial charge in [-0.3, -0.25) is 0 Å². The lowest BCUT2D eigenvalue weighted by atomic mass is 9.97. The van der Waals surface area contributed by atoms with Crippen LogP contribution in [0.25, 0.3) is 0 Å². The molecular weight excluding hydrogens is 404 g/mol. The van der Waals surface area contributed by atoms with Crippen molar-refractivity contribution >= 4 is 11.9 Å². The molecule has 0 spiro atoms. The van der Waals surface area contributed by atoms with Crippen LogP contribution < -0.4 is 0 Å². The Bertz CT molecular complexity index is 620. The molecule has 1 rings (SSSR count). The van der Waals surface area contributed by atoms with Gasteiger partial charge in [-0.2, -0.15) is 0 Å². The molecule has 1 heterocycles. The summed E-state index contributed by atoms with van der Waals surface area (Å²) in [5.74, 6) is -0.957. The van der Waals surface area contributed by atoms with E-state index in [0.717, 1.165) is 19.3 Å². The molecule has 5 heteroatoms. The lowest BCUT2D eigenvalue weighted by Crippen LogP contribution is -2.30. The molecule has 0 aliphatic carbocycles. The van der Waals surface area contributed by atoms with E-state index in [1.807, 2.05) is 6.08 Å². The van der Waals surface area contributed by atoms with Crippen LogP contribution in [0.3, 0.4) is 0 Å². The minimum Gasteiger partial charge on any atom is -0.466 e. The zero-order chi connectivity index (χ0) is 23.5. The number of aliphatic hydroxyl groups is 1. The second kappa shape index (κ2) is 17.6. The second-order valence-electron chi connectivity index (χ2n) is 8.75. The predicted octanol–water partition coefficient (Wildman–Crippen LogP) is 6.36. The molecule has 32 heavy (non-hydrogen) atoms. The van der Waals surface area contributed by atoms with Gasteiger partial charge in [-0.05, 0) is 44.6 Å². The fraction of sp³-hybridized carbons (Fsp3) is 0.704. The summed E-state index contributed by atoms with van der Waals surface area (Å²) < 4.78 is 9.88. The van der Waals surface area contributed by atoms with Gasteiger partial charge in [-0.15, -0.1) is 0 Å². The SMILES string of the molecule is CCCCCCCC/C=C\CCCCCCC/C=C1/CC(/C=C/C(=O)OC)(CO)OC1=O. The van der Waals surface area contributed by atoms with Crippen LogP contribution in [-0.4, -0.2) is 36.4 Å². The van der Waals surface area contributed by atoms with Crippen LogP contribution in [0.1, 0.15) is 103 Å².